The third-order valence-electron chi connectivity index (χ3n) is 5.07. The summed E-state index contributed by atoms with van der Waals surface area (Å²) in [6, 6.07) is 8.02. The molecule has 0 radical (unpaired) electrons. The van der Waals surface area contributed by atoms with Crippen molar-refractivity contribution in [3.8, 4) is 5.75 Å². The molecule has 18 heavy (non-hydrogen) atoms. The largest absolute Gasteiger partial charge is 0.508 e. The minimum absolute atomic E-state index is 0.337. The summed E-state index contributed by atoms with van der Waals surface area (Å²) >= 11 is 0. The van der Waals surface area contributed by atoms with Crippen molar-refractivity contribution in [3.63, 3.8) is 0 Å². The number of fused-ring (bicyclic) bond motifs is 1. The van der Waals surface area contributed by atoms with Crippen LogP contribution in [0.25, 0.3) is 0 Å². The fourth-order valence-corrected chi connectivity index (χ4v) is 4.21. The fourth-order valence-electron chi connectivity index (χ4n) is 4.21. The van der Waals surface area contributed by atoms with Gasteiger partial charge in [-0.3, -0.25) is 0 Å². The second kappa shape index (κ2) is 4.58. The first-order valence-electron chi connectivity index (χ1n) is 7.19. The average Bonchev–Trinajstić information content (AvgIpc) is 2.66. The topological polar surface area (TPSA) is 23.5 Å². The van der Waals surface area contributed by atoms with E-state index in [4.69, 9.17) is 0 Å². The lowest BCUT2D eigenvalue weighted by Crippen LogP contribution is -2.34. The molecule has 1 aromatic rings. The van der Waals surface area contributed by atoms with Crippen LogP contribution >= 0.6 is 0 Å². The molecule has 2 atom stereocenters. The lowest BCUT2D eigenvalue weighted by atomic mass is 9.69. The molecule has 2 nitrogen and oxygen atoms in total. The van der Waals surface area contributed by atoms with Crippen molar-refractivity contribution in [1.82, 2.24) is 4.90 Å². The summed E-state index contributed by atoms with van der Waals surface area (Å²) in [5.74, 6) is 1.19. The lowest BCUT2D eigenvalue weighted by molar-refractivity contribution is 0.252. The Hall–Kier alpha value is -1.02. The molecule has 1 aliphatic heterocycles. The molecule has 1 heterocycles. The highest BCUT2D eigenvalue weighted by Gasteiger charge is 2.45. The van der Waals surface area contributed by atoms with Crippen LogP contribution in [0.5, 0.6) is 5.75 Å². The molecule has 3 rings (SSSR count). The second-order valence-corrected chi connectivity index (χ2v) is 6.16. The van der Waals surface area contributed by atoms with Gasteiger partial charge in [-0.2, -0.15) is 0 Å². The summed E-state index contributed by atoms with van der Waals surface area (Å²) in [4.78, 5) is 2.49. The van der Waals surface area contributed by atoms with Crippen molar-refractivity contribution in [2.75, 3.05) is 20.1 Å². The number of nitrogens with zero attached hydrogens (tertiary/aromatic N) is 1. The van der Waals surface area contributed by atoms with Gasteiger partial charge in [-0.25, -0.2) is 0 Å². The van der Waals surface area contributed by atoms with E-state index in [1.165, 1.54) is 50.8 Å². The van der Waals surface area contributed by atoms with E-state index in [2.05, 4.69) is 18.0 Å². The maximum atomic E-state index is 9.77. The highest BCUT2D eigenvalue weighted by Crippen LogP contribution is 2.50. The minimum atomic E-state index is 0.337. The third kappa shape index (κ3) is 1.93. The molecule has 1 saturated carbocycles. The van der Waals surface area contributed by atoms with Crippen molar-refractivity contribution in [2.45, 2.75) is 37.5 Å². The van der Waals surface area contributed by atoms with Gasteiger partial charge in [-0.15, -0.1) is 0 Å². The van der Waals surface area contributed by atoms with Crippen molar-refractivity contribution < 1.29 is 5.11 Å². The maximum Gasteiger partial charge on any atom is 0.115 e. The first kappa shape index (κ1) is 12.0. The highest BCUT2D eigenvalue weighted by atomic mass is 16.3. The molecule has 2 heteroatoms. The van der Waals surface area contributed by atoms with Crippen LogP contribution in [0.1, 0.15) is 37.7 Å². The number of hydrogen-bond acceptors (Lipinski definition) is 2. The van der Waals surface area contributed by atoms with Gasteiger partial charge in [0, 0.05) is 6.54 Å². The van der Waals surface area contributed by atoms with E-state index in [-0.39, 0.29) is 0 Å². The van der Waals surface area contributed by atoms with Crippen LogP contribution in [0, 0.1) is 5.92 Å². The number of hydrogen-bond donors (Lipinski definition) is 1. The Labute approximate surface area is 110 Å². The molecule has 0 bridgehead atoms. The van der Waals surface area contributed by atoms with E-state index in [1.807, 2.05) is 12.1 Å². The Morgan fingerprint density at radius 1 is 1.28 bits per heavy atom. The minimum Gasteiger partial charge on any atom is -0.508 e. The monoisotopic (exact) mass is 245 g/mol. The fraction of sp³-hybridized carbons (Fsp3) is 0.625. The van der Waals surface area contributed by atoms with Crippen molar-refractivity contribution in [1.29, 1.82) is 0 Å². The van der Waals surface area contributed by atoms with E-state index in [9.17, 15) is 5.11 Å². The van der Waals surface area contributed by atoms with Crippen LogP contribution < -0.4 is 0 Å². The molecular formula is C16H23NO. The van der Waals surface area contributed by atoms with E-state index in [1.54, 1.807) is 6.07 Å². The third-order valence-corrected chi connectivity index (χ3v) is 5.07. The molecule has 2 fully saturated rings. The number of phenolic OH excluding ortho intramolecular Hbond substituents is 1. The zero-order valence-corrected chi connectivity index (χ0v) is 11.2. The first-order chi connectivity index (χ1) is 8.71. The van der Waals surface area contributed by atoms with Gasteiger partial charge in [0.1, 0.15) is 5.75 Å². The Morgan fingerprint density at radius 2 is 2.11 bits per heavy atom. The maximum absolute atomic E-state index is 9.77. The predicted molar refractivity (Wildman–Crippen MR) is 73.9 cm³/mol. The van der Waals surface area contributed by atoms with Gasteiger partial charge in [0.05, 0.1) is 0 Å². The Balaban J connectivity index is 2.00. The van der Waals surface area contributed by atoms with E-state index in [0.29, 0.717) is 11.2 Å². The van der Waals surface area contributed by atoms with Crippen LogP contribution in [-0.4, -0.2) is 30.1 Å². The van der Waals surface area contributed by atoms with Crippen molar-refractivity contribution in [2.24, 2.45) is 5.92 Å². The lowest BCUT2D eigenvalue weighted by Gasteiger charge is -2.35. The van der Waals surface area contributed by atoms with E-state index >= 15 is 0 Å². The number of rotatable bonds is 1. The molecule has 0 aromatic heterocycles. The molecule has 98 valence electrons. The Bertz CT molecular complexity index is 431. The summed E-state index contributed by atoms with van der Waals surface area (Å²) in [7, 11) is 2.25. The molecule has 1 N–H and O–H groups in total. The zero-order chi connectivity index (χ0) is 12.6. The normalized spacial score (nSPS) is 33.1. The van der Waals surface area contributed by atoms with Crippen molar-refractivity contribution in [3.05, 3.63) is 29.8 Å². The van der Waals surface area contributed by atoms with Crippen LogP contribution in [0.4, 0.5) is 0 Å². The first-order valence-corrected chi connectivity index (χ1v) is 7.19. The predicted octanol–water partition coefficient (Wildman–Crippen LogP) is 3.16. The molecule has 1 aromatic carbocycles. The summed E-state index contributed by atoms with van der Waals surface area (Å²) in [5, 5.41) is 9.77. The van der Waals surface area contributed by atoms with Crippen molar-refractivity contribution >= 4 is 0 Å². The molecule has 0 amide bonds. The number of phenols is 1. The average molecular weight is 245 g/mol. The van der Waals surface area contributed by atoms with Gasteiger partial charge in [-0.1, -0.05) is 18.6 Å². The Morgan fingerprint density at radius 3 is 2.94 bits per heavy atom. The van der Waals surface area contributed by atoms with E-state index < -0.39 is 0 Å². The summed E-state index contributed by atoms with van der Waals surface area (Å²) in [6.45, 7) is 2.44. The van der Waals surface area contributed by atoms with Gasteiger partial charge < -0.3 is 10.0 Å². The molecule has 0 spiro atoms. The standard InChI is InChI=1S/C16H23NO/c1-17-10-4-9-16(8-3-6-14(16)12-17)13-5-2-7-15(18)11-13/h2,5,7,11,14,18H,3-4,6,8-10,12H2,1H3/t14-,16+/m0/s1. The van der Waals surface area contributed by atoms with Gasteiger partial charge in [0.15, 0.2) is 0 Å². The highest BCUT2D eigenvalue weighted by molar-refractivity contribution is 5.35. The van der Waals surface area contributed by atoms with Gasteiger partial charge in [0.25, 0.3) is 0 Å². The number of likely N-dealkylation sites (tertiary alicyclic amines) is 1. The molecule has 2 aliphatic rings. The van der Waals surface area contributed by atoms with Gasteiger partial charge >= 0.3 is 0 Å². The van der Waals surface area contributed by atoms with E-state index in [0.717, 1.165) is 5.92 Å². The summed E-state index contributed by atoms with van der Waals surface area (Å²) in [5.41, 5.74) is 1.71. The zero-order valence-electron chi connectivity index (χ0n) is 11.2. The second-order valence-electron chi connectivity index (χ2n) is 6.16. The Kier molecular flexibility index (Phi) is 3.06. The van der Waals surface area contributed by atoms with Crippen LogP contribution in [0.15, 0.2) is 24.3 Å². The van der Waals surface area contributed by atoms with Crippen LogP contribution in [0.2, 0.25) is 0 Å². The van der Waals surface area contributed by atoms with Crippen LogP contribution in [-0.2, 0) is 5.41 Å². The smallest absolute Gasteiger partial charge is 0.115 e. The SMILES string of the molecule is CN1CCC[C@@]2(c3cccc(O)c3)CCC[C@H]2C1. The molecular weight excluding hydrogens is 222 g/mol. The van der Waals surface area contributed by atoms with Gasteiger partial charge in [-0.05, 0) is 68.3 Å². The van der Waals surface area contributed by atoms with Gasteiger partial charge in [0.2, 0.25) is 0 Å². The quantitative estimate of drug-likeness (QED) is 0.821. The number of aromatic hydroxyl groups is 1. The summed E-state index contributed by atoms with van der Waals surface area (Å²) < 4.78 is 0. The number of benzene rings is 1. The van der Waals surface area contributed by atoms with Crippen LogP contribution in [0.3, 0.4) is 0 Å². The summed E-state index contributed by atoms with van der Waals surface area (Å²) in [6.07, 6.45) is 6.55. The molecule has 1 aliphatic carbocycles. The molecule has 0 unspecified atom stereocenters. The molecule has 1 saturated heterocycles.